The van der Waals surface area contributed by atoms with Gasteiger partial charge in [-0.1, -0.05) is 0 Å². The molecule has 0 aliphatic heterocycles. The number of amides is 1. The minimum absolute atomic E-state index is 0.0796. The van der Waals surface area contributed by atoms with Gasteiger partial charge in [-0.05, 0) is 25.7 Å². The fourth-order valence-corrected chi connectivity index (χ4v) is 3.41. The molecule has 1 amide bonds. The third-order valence-electron chi connectivity index (χ3n) is 3.84. The largest absolute Gasteiger partial charge is 0.369 e. The van der Waals surface area contributed by atoms with Crippen molar-refractivity contribution in [1.29, 1.82) is 0 Å². The van der Waals surface area contributed by atoms with Crippen molar-refractivity contribution in [3.8, 4) is 0 Å². The summed E-state index contributed by atoms with van der Waals surface area (Å²) < 4.78 is 2.05. The number of fused-ring (bicyclic) bond motifs is 1. The molecule has 0 radical (unpaired) electrons. The average Bonchev–Trinajstić information content (AvgIpc) is 2.97. The smallest absolute Gasteiger partial charge is 0.220 e. The summed E-state index contributed by atoms with van der Waals surface area (Å²) in [5.74, 6) is -0.0659. The first-order valence-corrected chi connectivity index (χ1v) is 7.54. The Bertz CT molecular complexity index is 539. The summed E-state index contributed by atoms with van der Waals surface area (Å²) in [6.45, 7) is 0.792. The first kappa shape index (κ1) is 12.6. The molecule has 0 bridgehead atoms. The Morgan fingerprint density at radius 2 is 2.26 bits per heavy atom. The molecule has 0 atom stereocenters. The van der Waals surface area contributed by atoms with Gasteiger partial charge in [0, 0.05) is 36.3 Å². The third kappa shape index (κ3) is 2.79. The van der Waals surface area contributed by atoms with Crippen molar-refractivity contribution in [1.82, 2.24) is 14.7 Å². The highest BCUT2D eigenvalue weighted by molar-refractivity contribution is 7.15. The van der Waals surface area contributed by atoms with Crippen LogP contribution in [0, 0.1) is 5.92 Å². The van der Waals surface area contributed by atoms with Crippen LogP contribution in [-0.2, 0) is 11.3 Å². The Labute approximate surface area is 115 Å². The van der Waals surface area contributed by atoms with E-state index in [1.165, 1.54) is 0 Å². The van der Waals surface area contributed by atoms with E-state index < -0.39 is 0 Å². The molecule has 1 fully saturated rings. The minimum atomic E-state index is -0.146. The average molecular weight is 278 g/mol. The number of carbonyl (C=O) groups is 1. The highest BCUT2D eigenvalue weighted by Crippen LogP contribution is 2.24. The van der Waals surface area contributed by atoms with Gasteiger partial charge >= 0.3 is 0 Å². The van der Waals surface area contributed by atoms with Crippen molar-refractivity contribution >= 4 is 22.2 Å². The number of primary amides is 1. The van der Waals surface area contributed by atoms with Crippen molar-refractivity contribution in [3.05, 3.63) is 23.5 Å². The summed E-state index contributed by atoms with van der Waals surface area (Å²) in [5.41, 5.74) is 6.41. The summed E-state index contributed by atoms with van der Waals surface area (Å²) in [5, 5.41) is 5.56. The molecule has 102 valence electrons. The molecule has 6 heteroatoms. The van der Waals surface area contributed by atoms with Crippen molar-refractivity contribution in [3.63, 3.8) is 0 Å². The van der Waals surface area contributed by atoms with Gasteiger partial charge in [0.25, 0.3) is 0 Å². The Morgan fingerprint density at radius 1 is 1.47 bits per heavy atom. The lowest BCUT2D eigenvalue weighted by molar-refractivity contribution is -0.122. The molecule has 1 aliphatic rings. The molecule has 2 heterocycles. The maximum atomic E-state index is 11.1. The molecule has 2 aromatic rings. The number of nitrogens with zero attached hydrogens (tertiary/aromatic N) is 2. The van der Waals surface area contributed by atoms with E-state index in [9.17, 15) is 4.79 Å². The van der Waals surface area contributed by atoms with Crippen LogP contribution in [0.25, 0.3) is 4.96 Å². The van der Waals surface area contributed by atoms with Crippen LogP contribution in [0.5, 0.6) is 0 Å². The summed E-state index contributed by atoms with van der Waals surface area (Å²) in [6, 6.07) is 0.482. The van der Waals surface area contributed by atoms with Crippen LogP contribution in [-0.4, -0.2) is 21.3 Å². The zero-order chi connectivity index (χ0) is 13.2. The van der Waals surface area contributed by atoms with Crippen LogP contribution >= 0.6 is 11.3 Å². The lowest BCUT2D eigenvalue weighted by Crippen LogP contribution is -2.36. The van der Waals surface area contributed by atoms with E-state index in [1.807, 2.05) is 16.0 Å². The third-order valence-corrected chi connectivity index (χ3v) is 4.62. The first-order chi connectivity index (χ1) is 9.22. The van der Waals surface area contributed by atoms with Crippen LogP contribution < -0.4 is 11.1 Å². The minimum Gasteiger partial charge on any atom is -0.369 e. The summed E-state index contributed by atoms with van der Waals surface area (Å²) in [6.07, 6.45) is 7.95. The molecule has 0 spiro atoms. The molecule has 0 unspecified atom stereocenters. The molecule has 2 aromatic heterocycles. The number of aromatic nitrogens is 2. The molecule has 5 nitrogen and oxygen atoms in total. The topological polar surface area (TPSA) is 72.4 Å². The van der Waals surface area contributed by atoms with Gasteiger partial charge in [0.2, 0.25) is 5.91 Å². The van der Waals surface area contributed by atoms with Crippen molar-refractivity contribution in [2.75, 3.05) is 0 Å². The number of hydrogen-bond donors (Lipinski definition) is 2. The number of nitrogens with one attached hydrogen (secondary N) is 1. The second kappa shape index (κ2) is 5.30. The van der Waals surface area contributed by atoms with Crippen LogP contribution in [0.3, 0.4) is 0 Å². The predicted molar refractivity (Wildman–Crippen MR) is 74.8 cm³/mol. The quantitative estimate of drug-likeness (QED) is 0.891. The molecule has 0 aromatic carbocycles. The van der Waals surface area contributed by atoms with Gasteiger partial charge in [0.05, 0.1) is 5.69 Å². The fourth-order valence-electron chi connectivity index (χ4n) is 2.69. The molecule has 19 heavy (non-hydrogen) atoms. The standard InChI is InChI=1S/C13H18N4OS/c14-12(18)9-1-3-10(4-2-9)15-7-11-8-17-5-6-19-13(17)16-11/h5-6,8-10,15H,1-4,7H2,(H2,14,18). The Kier molecular flexibility index (Phi) is 3.52. The second-order valence-corrected chi connectivity index (χ2v) is 6.03. The van der Waals surface area contributed by atoms with E-state index in [2.05, 4.69) is 16.5 Å². The summed E-state index contributed by atoms with van der Waals surface area (Å²) in [7, 11) is 0. The maximum Gasteiger partial charge on any atom is 0.220 e. The van der Waals surface area contributed by atoms with Crippen LogP contribution in [0.1, 0.15) is 31.4 Å². The van der Waals surface area contributed by atoms with E-state index in [-0.39, 0.29) is 11.8 Å². The summed E-state index contributed by atoms with van der Waals surface area (Å²) >= 11 is 1.65. The van der Waals surface area contributed by atoms with E-state index in [0.29, 0.717) is 6.04 Å². The monoisotopic (exact) mass is 278 g/mol. The molecule has 3 rings (SSSR count). The Hall–Kier alpha value is -1.40. The highest BCUT2D eigenvalue weighted by atomic mass is 32.1. The fraction of sp³-hybridized carbons (Fsp3) is 0.538. The van der Waals surface area contributed by atoms with E-state index in [0.717, 1.165) is 42.9 Å². The zero-order valence-electron chi connectivity index (χ0n) is 10.7. The number of carbonyl (C=O) groups excluding carboxylic acids is 1. The lowest BCUT2D eigenvalue weighted by Gasteiger charge is -2.27. The van der Waals surface area contributed by atoms with Gasteiger partial charge in [-0.15, -0.1) is 11.3 Å². The number of imidazole rings is 1. The van der Waals surface area contributed by atoms with E-state index in [1.54, 1.807) is 11.3 Å². The maximum absolute atomic E-state index is 11.1. The molecule has 3 N–H and O–H groups in total. The van der Waals surface area contributed by atoms with Crippen molar-refractivity contribution in [2.24, 2.45) is 11.7 Å². The number of nitrogens with two attached hydrogens (primary N) is 1. The zero-order valence-corrected chi connectivity index (χ0v) is 11.5. The van der Waals surface area contributed by atoms with Gasteiger partial charge < -0.3 is 11.1 Å². The van der Waals surface area contributed by atoms with Crippen molar-refractivity contribution < 1.29 is 4.79 Å². The Morgan fingerprint density at radius 3 is 2.95 bits per heavy atom. The molecular formula is C13H18N4OS. The van der Waals surface area contributed by atoms with Gasteiger partial charge in [-0.2, -0.15) is 0 Å². The second-order valence-electron chi connectivity index (χ2n) is 5.16. The van der Waals surface area contributed by atoms with Gasteiger partial charge in [0.15, 0.2) is 4.96 Å². The van der Waals surface area contributed by atoms with Crippen LogP contribution in [0.2, 0.25) is 0 Å². The molecule has 0 saturated heterocycles. The van der Waals surface area contributed by atoms with E-state index >= 15 is 0 Å². The molecule has 1 aliphatic carbocycles. The lowest BCUT2D eigenvalue weighted by atomic mass is 9.85. The highest BCUT2D eigenvalue weighted by Gasteiger charge is 2.24. The van der Waals surface area contributed by atoms with Crippen LogP contribution in [0.15, 0.2) is 17.8 Å². The summed E-state index contributed by atoms with van der Waals surface area (Å²) in [4.78, 5) is 16.7. The number of thiazole rings is 1. The number of rotatable bonds is 4. The van der Waals surface area contributed by atoms with Crippen molar-refractivity contribution in [2.45, 2.75) is 38.3 Å². The first-order valence-electron chi connectivity index (χ1n) is 6.66. The Balaban J connectivity index is 1.50. The molecular weight excluding hydrogens is 260 g/mol. The number of hydrogen-bond acceptors (Lipinski definition) is 4. The normalized spacial score (nSPS) is 23.8. The van der Waals surface area contributed by atoms with E-state index in [4.69, 9.17) is 5.73 Å². The van der Waals surface area contributed by atoms with Gasteiger partial charge in [-0.25, -0.2) is 4.98 Å². The predicted octanol–water partition coefficient (Wildman–Crippen LogP) is 1.53. The SMILES string of the molecule is NC(=O)C1CCC(NCc2cn3ccsc3n2)CC1. The van der Waals surface area contributed by atoms with Gasteiger partial charge in [0.1, 0.15) is 0 Å². The van der Waals surface area contributed by atoms with Crippen LogP contribution in [0.4, 0.5) is 0 Å². The van der Waals surface area contributed by atoms with Gasteiger partial charge in [-0.3, -0.25) is 9.20 Å². The molecule has 1 saturated carbocycles.